The molecule has 0 fully saturated rings. The molecule has 4 rings (SSSR count). The molecule has 3 aromatic rings. The molecule has 2 N–H and O–H groups in total. The Morgan fingerprint density at radius 1 is 1.19 bits per heavy atom. The van der Waals surface area contributed by atoms with Crippen molar-refractivity contribution in [1.82, 2.24) is 14.8 Å². The molecule has 0 unspecified atom stereocenters. The van der Waals surface area contributed by atoms with E-state index in [-0.39, 0.29) is 30.9 Å². The molecular weight excluding hydrogens is 410 g/mol. The van der Waals surface area contributed by atoms with Gasteiger partial charge in [0.2, 0.25) is 11.9 Å². The largest absolute Gasteiger partial charge is 0.490 e. The molecule has 2 aromatic carbocycles. The lowest BCUT2D eigenvalue weighted by Crippen LogP contribution is -2.29. The normalized spacial score (nSPS) is 15.0. The van der Waals surface area contributed by atoms with Crippen LogP contribution in [0.3, 0.4) is 0 Å². The molecule has 0 saturated heterocycles. The number of ether oxygens (including phenoxy) is 2. The standard InChI is InChI=1S/C23H25N5O4/c1-4-31-20-10-16(18-11-21(29)27-23-24-13-25-28(18)23)7-8-19(20)32-12-22(30)26-17-9-14(2)5-6-15(17)3/h5-10,13,18H,4,11-12H2,1-3H3,(H,26,30)(H,24,25,27,29)/t18-/m0/s1. The monoisotopic (exact) mass is 435 g/mol. The number of rotatable bonds is 7. The highest BCUT2D eigenvalue weighted by Gasteiger charge is 2.28. The summed E-state index contributed by atoms with van der Waals surface area (Å²) in [6.07, 6.45) is 1.64. The minimum absolute atomic E-state index is 0.128. The predicted molar refractivity (Wildman–Crippen MR) is 119 cm³/mol. The van der Waals surface area contributed by atoms with Crippen LogP contribution in [0.4, 0.5) is 11.6 Å². The fraction of sp³-hybridized carbons (Fsp3) is 0.304. The summed E-state index contributed by atoms with van der Waals surface area (Å²) in [4.78, 5) is 28.6. The molecule has 2 heterocycles. The number of hydrogen-bond acceptors (Lipinski definition) is 6. The van der Waals surface area contributed by atoms with Crippen LogP contribution in [0, 0.1) is 13.8 Å². The zero-order chi connectivity index (χ0) is 22.7. The first-order valence-corrected chi connectivity index (χ1v) is 10.4. The maximum absolute atomic E-state index is 12.4. The maximum Gasteiger partial charge on any atom is 0.262 e. The molecule has 0 spiro atoms. The molecule has 1 aliphatic rings. The number of nitrogens with zero attached hydrogens (tertiary/aromatic N) is 3. The van der Waals surface area contributed by atoms with Gasteiger partial charge in [-0.15, -0.1) is 0 Å². The van der Waals surface area contributed by atoms with Gasteiger partial charge < -0.3 is 14.8 Å². The van der Waals surface area contributed by atoms with Gasteiger partial charge in [-0.3, -0.25) is 14.9 Å². The zero-order valence-electron chi connectivity index (χ0n) is 18.2. The molecule has 0 radical (unpaired) electrons. The van der Waals surface area contributed by atoms with Gasteiger partial charge in [0.25, 0.3) is 5.91 Å². The van der Waals surface area contributed by atoms with E-state index in [1.807, 2.05) is 51.1 Å². The average Bonchev–Trinajstić information content (AvgIpc) is 3.23. The van der Waals surface area contributed by atoms with Crippen molar-refractivity contribution in [3.63, 3.8) is 0 Å². The van der Waals surface area contributed by atoms with Crippen molar-refractivity contribution in [3.8, 4) is 11.5 Å². The lowest BCUT2D eigenvalue weighted by molar-refractivity contribution is -0.118. The smallest absolute Gasteiger partial charge is 0.262 e. The minimum atomic E-state index is -0.304. The van der Waals surface area contributed by atoms with Crippen molar-refractivity contribution in [3.05, 3.63) is 59.4 Å². The fourth-order valence-electron chi connectivity index (χ4n) is 3.58. The Labute approximate surface area is 185 Å². The van der Waals surface area contributed by atoms with Crippen LogP contribution in [-0.4, -0.2) is 39.8 Å². The Morgan fingerprint density at radius 2 is 2.03 bits per heavy atom. The van der Waals surface area contributed by atoms with Gasteiger partial charge >= 0.3 is 0 Å². The summed E-state index contributed by atoms with van der Waals surface area (Å²) in [5, 5.41) is 9.81. The van der Waals surface area contributed by atoms with E-state index in [2.05, 4.69) is 20.7 Å². The molecule has 1 aliphatic heterocycles. The lowest BCUT2D eigenvalue weighted by atomic mass is 10.0. The van der Waals surface area contributed by atoms with Gasteiger partial charge in [0.05, 0.1) is 19.1 Å². The van der Waals surface area contributed by atoms with Crippen molar-refractivity contribution >= 4 is 23.5 Å². The van der Waals surface area contributed by atoms with E-state index in [0.717, 1.165) is 22.4 Å². The molecule has 1 aromatic heterocycles. The van der Waals surface area contributed by atoms with E-state index in [1.165, 1.54) is 6.33 Å². The van der Waals surface area contributed by atoms with Crippen LogP contribution in [0.25, 0.3) is 0 Å². The second-order valence-corrected chi connectivity index (χ2v) is 7.59. The SMILES string of the molecule is CCOc1cc([C@@H]2CC(=O)Nc3ncnn32)ccc1OCC(=O)Nc1cc(C)ccc1C. The molecule has 2 amide bonds. The van der Waals surface area contributed by atoms with Crippen molar-refractivity contribution in [2.75, 3.05) is 23.8 Å². The summed E-state index contributed by atoms with van der Waals surface area (Å²) in [7, 11) is 0. The summed E-state index contributed by atoms with van der Waals surface area (Å²) in [6, 6.07) is 11.0. The Kier molecular flexibility index (Phi) is 6.07. The molecular formula is C23H25N5O4. The second-order valence-electron chi connectivity index (χ2n) is 7.59. The third-order valence-electron chi connectivity index (χ3n) is 5.18. The van der Waals surface area contributed by atoms with Crippen molar-refractivity contribution in [2.45, 2.75) is 33.2 Å². The maximum atomic E-state index is 12.4. The highest BCUT2D eigenvalue weighted by molar-refractivity contribution is 5.93. The zero-order valence-corrected chi connectivity index (χ0v) is 18.2. The highest BCUT2D eigenvalue weighted by Crippen LogP contribution is 2.35. The third-order valence-corrected chi connectivity index (χ3v) is 5.18. The minimum Gasteiger partial charge on any atom is -0.490 e. The summed E-state index contributed by atoms with van der Waals surface area (Å²) in [5.41, 5.74) is 3.64. The van der Waals surface area contributed by atoms with Crippen molar-refractivity contribution in [2.24, 2.45) is 0 Å². The first-order chi connectivity index (χ1) is 15.4. The van der Waals surface area contributed by atoms with E-state index < -0.39 is 0 Å². The van der Waals surface area contributed by atoms with E-state index in [1.54, 1.807) is 10.7 Å². The molecule has 0 bridgehead atoms. The quantitative estimate of drug-likeness (QED) is 0.590. The van der Waals surface area contributed by atoms with Gasteiger partial charge in [0, 0.05) is 5.69 Å². The first-order valence-electron chi connectivity index (χ1n) is 10.4. The third kappa shape index (κ3) is 4.56. The molecule has 166 valence electrons. The van der Waals surface area contributed by atoms with Gasteiger partial charge in [0.1, 0.15) is 6.33 Å². The Bertz CT molecular complexity index is 1160. The van der Waals surface area contributed by atoms with Crippen LogP contribution < -0.4 is 20.1 Å². The van der Waals surface area contributed by atoms with Gasteiger partial charge in [0.15, 0.2) is 18.1 Å². The van der Waals surface area contributed by atoms with Crippen LogP contribution in [-0.2, 0) is 9.59 Å². The Morgan fingerprint density at radius 3 is 2.84 bits per heavy atom. The van der Waals surface area contributed by atoms with Crippen LogP contribution in [0.15, 0.2) is 42.7 Å². The van der Waals surface area contributed by atoms with Crippen LogP contribution in [0.2, 0.25) is 0 Å². The van der Waals surface area contributed by atoms with Crippen LogP contribution >= 0.6 is 0 Å². The second kappa shape index (κ2) is 9.09. The van der Waals surface area contributed by atoms with Gasteiger partial charge in [-0.25, -0.2) is 4.68 Å². The number of carbonyl (C=O) groups is 2. The van der Waals surface area contributed by atoms with E-state index >= 15 is 0 Å². The van der Waals surface area contributed by atoms with E-state index in [9.17, 15) is 9.59 Å². The summed E-state index contributed by atoms with van der Waals surface area (Å²) in [5.74, 6) is 0.967. The summed E-state index contributed by atoms with van der Waals surface area (Å²) < 4.78 is 13.2. The Balaban J connectivity index is 1.50. The number of benzene rings is 2. The molecule has 32 heavy (non-hydrogen) atoms. The topological polar surface area (TPSA) is 107 Å². The lowest BCUT2D eigenvalue weighted by Gasteiger charge is -2.24. The number of carbonyl (C=O) groups excluding carboxylic acids is 2. The molecule has 9 heteroatoms. The first kappa shape index (κ1) is 21.4. The number of aryl methyl sites for hydroxylation is 2. The number of amides is 2. The summed E-state index contributed by atoms with van der Waals surface area (Å²) >= 11 is 0. The molecule has 1 atom stereocenters. The Hall–Kier alpha value is -3.88. The van der Waals surface area contributed by atoms with Crippen LogP contribution in [0.5, 0.6) is 11.5 Å². The van der Waals surface area contributed by atoms with Crippen molar-refractivity contribution < 1.29 is 19.1 Å². The van der Waals surface area contributed by atoms with E-state index in [0.29, 0.717) is 24.1 Å². The van der Waals surface area contributed by atoms with Crippen LogP contribution in [0.1, 0.15) is 36.1 Å². The van der Waals surface area contributed by atoms with Crippen molar-refractivity contribution in [1.29, 1.82) is 0 Å². The van der Waals surface area contributed by atoms with E-state index in [4.69, 9.17) is 9.47 Å². The molecule has 0 saturated carbocycles. The number of anilines is 2. The predicted octanol–water partition coefficient (Wildman–Crippen LogP) is 3.24. The number of aromatic nitrogens is 3. The average molecular weight is 435 g/mol. The number of fused-ring (bicyclic) bond motifs is 1. The highest BCUT2D eigenvalue weighted by atomic mass is 16.5. The molecule has 0 aliphatic carbocycles. The molecule has 9 nitrogen and oxygen atoms in total. The van der Waals surface area contributed by atoms with Gasteiger partial charge in [-0.05, 0) is 55.7 Å². The van der Waals surface area contributed by atoms with Gasteiger partial charge in [-0.1, -0.05) is 18.2 Å². The number of hydrogen-bond donors (Lipinski definition) is 2. The van der Waals surface area contributed by atoms with Gasteiger partial charge in [-0.2, -0.15) is 10.1 Å². The number of nitrogens with one attached hydrogen (secondary N) is 2. The fourth-order valence-corrected chi connectivity index (χ4v) is 3.58. The summed E-state index contributed by atoms with van der Waals surface area (Å²) in [6.45, 7) is 6.04.